The van der Waals surface area contributed by atoms with E-state index in [-0.39, 0.29) is 29.4 Å². The van der Waals surface area contributed by atoms with Gasteiger partial charge < -0.3 is 9.47 Å². The Morgan fingerprint density at radius 3 is 2.76 bits per heavy atom. The van der Waals surface area contributed by atoms with Gasteiger partial charge in [0.15, 0.2) is 11.6 Å². The third-order valence-electron chi connectivity index (χ3n) is 2.52. The molecule has 0 aliphatic carbocycles. The summed E-state index contributed by atoms with van der Waals surface area (Å²) in [4.78, 5) is 15.4. The lowest BCUT2D eigenvalue weighted by molar-refractivity contribution is 0.0526. The number of nitriles is 1. The predicted molar refractivity (Wildman–Crippen MR) is 71.4 cm³/mol. The molecule has 21 heavy (non-hydrogen) atoms. The molecular weight excluding hydrogens is 275 g/mol. The second-order valence-electron chi connectivity index (χ2n) is 3.96. The van der Waals surface area contributed by atoms with Crippen LogP contribution in [0.5, 0.6) is 11.6 Å². The Labute approximate surface area is 120 Å². The fraction of sp³-hybridized carbons (Fsp3) is 0.133. The molecule has 0 radical (unpaired) electrons. The molecule has 0 bridgehead atoms. The van der Waals surface area contributed by atoms with Crippen LogP contribution in [0.4, 0.5) is 4.39 Å². The summed E-state index contributed by atoms with van der Waals surface area (Å²) in [6, 6.07) is 8.59. The highest BCUT2D eigenvalue weighted by Crippen LogP contribution is 2.23. The zero-order valence-electron chi connectivity index (χ0n) is 11.2. The molecule has 0 aliphatic heterocycles. The SMILES string of the molecule is CCOC(=O)c1ccc(Oc2ccc(C#N)cc2F)nc1. The van der Waals surface area contributed by atoms with Crippen LogP contribution in [0.2, 0.25) is 0 Å². The van der Waals surface area contributed by atoms with E-state index in [2.05, 4.69) is 4.98 Å². The molecule has 0 aliphatic rings. The van der Waals surface area contributed by atoms with E-state index >= 15 is 0 Å². The van der Waals surface area contributed by atoms with Crippen LogP contribution in [0.25, 0.3) is 0 Å². The molecule has 0 spiro atoms. The average molecular weight is 286 g/mol. The predicted octanol–water partition coefficient (Wildman–Crippen LogP) is 3.06. The molecule has 5 nitrogen and oxygen atoms in total. The van der Waals surface area contributed by atoms with E-state index in [0.29, 0.717) is 0 Å². The number of benzene rings is 1. The fourth-order valence-electron chi connectivity index (χ4n) is 1.54. The summed E-state index contributed by atoms with van der Waals surface area (Å²) in [5, 5.41) is 8.66. The number of aromatic nitrogens is 1. The Morgan fingerprint density at radius 1 is 1.38 bits per heavy atom. The van der Waals surface area contributed by atoms with E-state index in [4.69, 9.17) is 14.7 Å². The molecule has 1 aromatic carbocycles. The van der Waals surface area contributed by atoms with E-state index in [1.165, 1.54) is 30.5 Å². The van der Waals surface area contributed by atoms with E-state index in [0.717, 1.165) is 6.07 Å². The maximum Gasteiger partial charge on any atom is 0.339 e. The van der Waals surface area contributed by atoms with Crippen LogP contribution in [0.3, 0.4) is 0 Å². The molecule has 0 unspecified atom stereocenters. The molecule has 2 aromatic rings. The van der Waals surface area contributed by atoms with Crippen LogP contribution in [0.15, 0.2) is 36.5 Å². The van der Waals surface area contributed by atoms with Crippen molar-refractivity contribution in [1.29, 1.82) is 5.26 Å². The second-order valence-corrected chi connectivity index (χ2v) is 3.96. The number of esters is 1. The summed E-state index contributed by atoms with van der Waals surface area (Å²) in [6.07, 6.45) is 1.29. The molecule has 1 heterocycles. The van der Waals surface area contributed by atoms with E-state index in [1.807, 2.05) is 6.07 Å². The smallest absolute Gasteiger partial charge is 0.339 e. The van der Waals surface area contributed by atoms with Gasteiger partial charge in [0, 0.05) is 12.3 Å². The topological polar surface area (TPSA) is 72.2 Å². The quantitative estimate of drug-likeness (QED) is 0.808. The number of halogens is 1. The molecule has 0 fully saturated rings. The second kappa shape index (κ2) is 6.48. The van der Waals surface area contributed by atoms with Crippen molar-refractivity contribution in [3.8, 4) is 17.7 Å². The number of carbonyl (C=O) groups is 1. The Bertz CT molecular complexity index is 693. The van der Waals surface area contributed by atoms with Crippen LogP contribution in [-0.4, -0.2) is 17.6 Å². The van der Waals surface area contributed by atoms with Crippen molar-refractivity contribution >= 4 is 5.97 Å². The zero-order valence-corrected chi connectivity index (χ0v) is 11.2. The summed E-state index contributed by atoms with van der Waals surface area (Å²) >= 11 is 0. The van der Waals surface area contributed by atoms with E-state index in [1.54, 1.807) is 6.92 Å². The molecule has 6 heteroatoms. The lowest BCUT2D eigenvalue weighted by atomic mass is 10.2. The third kappa shape index (κ3) is 3.54. The molecule has 0 saturated heterocycles. The van der Waals surface area contributed by atoms with Gasteiger partial charge in [0.25, 0.3) is 0 Å². The third-order valence-corrected chi connectivity index (χ3v) is 2.52. The molecule has 0 saturated carbocycles. The first-order chi connectivity index (χ1) is 10.1. The number of ether oxygens (including phenoxy) is 2. The summed E-state index contributed by atoms with van der Waals surface area (Å²) in [5.74, 6) is -1.07. The zero-order chi connectivity index (χ0) is 15.2. The molecular formula is C15H11FN2O3. The molecule has 0 amide bonds. The van der Waals surface area contributed by atoms with Crippen molar-refractivity contribution in [2.75, 3.05) is 6.61 Å². The molecule has 2 rings (SSSR count). The highest BCUT2D eigenvalue weighted by atomic mass is 19.1. The first-order valence-corrected chi connectivity index (χ1v) is 6.14. The maximum absolute atomic E-state index is 13.7. The van der Waals surface area contributed by atoms with E-state index in [9.17, 15) is 9.18 Å². The number of hydrogen-bond donors (Lipinski definition) is 0. The Morgan fingerprint density at radius 2 is 2.19 bits per heavy atom. The Hall–Kier alpha value is -2.94. The van der Waals surface area contributed by atoms with Crippen molar-refractivity contribution in [1.82, 2.24) is 4.98 Å². The standard InChI is InChI=1S/C15H11FN2O3/c1-2-20-15(19)11-4-6-14(18-9-11)21-13-5-3-10(8-17)7-12(13)16/h3-7,9H,2H2,1H3. The molecule has 1 aromatic heterocycles. The lowest BCUT2D eigenvalue weighted by Gasteiger charge is -2.06. The van der Waals surface area contributed by atoms with Crippen LogP contribution in [0, 0.1) is 17.1 Å². The van der Waals surface area contributed by atoms with Crippen molar-refractivity contribution < 1.29 is 18.7 Å². The minimum atomic E-state index is -0.662. The Kier molecular flexibility index (Phi) is 4.46. The number of hydrogen-bond acceptors (Lipinski definition) is 5. The van der Waals surface area contributed by atoms with Gasteiger partial charge >= 0.3 is 5.97 Å². The minimum Gasteiger partial charge on any atom is -0.462 e. The van der Waals surface area contributed by atoms with Crippen LogP contribution >= 0.6 is 0 Å². The molecule has 106 valence electrons. The van der Waals surface area contributed by atoms with Crippen LogP contribution in [-0.2, 0) is 4.74 Å². The van der Waals surface area contributed by atoms with Gasteiger partial charge in [-0.2, -0.15) is 5.26 Å². The fourth-order valence-corrected chi connectivity index (χ4v) is 1.54. The highest BCUT2D eigenvalue weighted by molar-refractivity contribution is 5.89. The molecule has 0 N–H and O–H groups in total. The van der Waals surface area contributed by atoms with Crippen LogP contribution < -0.4 is 4.74 Å². The summed E-state index contributed by atoms with van der Waals surface area (Å²) < 4.78 is 23.7. The van der Waals surface area contributed by atoms with Gasteiger partial charge in [-0.25, -0.2) is 14.2 Å². The summed E-state index contributed by atoms with van der Waals surface area (Å²) in [5.41, 5.74) is 0.481. The van der Waals surface area contributed by atoms with Crippen molar-refractivity contribution in [3.05, 3.63) is 53.5 Å². The van der Waals surface area contributed by atoms with Gasteiger partial charge in [0.2, 0.25) is 5.88 Å². The highest BCUT2D eigenvalue weighted by Gasteiger charge is 2.09. The van der Waals surface area contributed by atoms with Gasteiger partial charge in [-0.3, -0.25) is 0 Å². The van der Waals surface area contributed by atoms with Gasteiger partial charge in [0.05, 0.1) is 23.8 Å². The summed E-state index contributed by atoms with van der Waals surface area (Å²) in [7, 11) is 0. The minimum absolute atomic E-state index is 0.0506. The van der Waals surface area contributed by atoms with E-state index < -0.39 is 11.8 Å². The first kappa shape index (κ1) is 14.5. The van der Waals surface area contributed by atoms with Gasteiger partial charge in [0.1, 0.15) is 0 Å². The van der Waals surface area contributed by atoms with Crippen LogP contribution in [0.1, 0.15) is 22.8 Å². The maximum atomic E-state index is 13.7. The van der Waals surface area contributed by atoms with Gasteiger partial charge in [-0.05, 0) is 31.2 Å². The van der Waals surface area contributed by atoms with Crippen molar-refractivity contribution in [2.45, 2.75) is 6.92 Å². The van der Waals surface area contributed by atoms with Gasteiger partial charge in [-0.1, -0.05) is 0 Å². The number of carbonyl (C=O) groups excluding carboxylic acids is 1. The Balaban J connectivity index is 2.14. The number of pyridine rings is 1. The number of rotatable bonds is 4. The number of nitrogens with zero attached hydrogens (tertiary/aromatic N) is 2. The summed E-state index contributed by atoms with van der Waals surface area (Å²) in [6.45, 7) is 1.98. The van der Waals surface area contributed by atoms with Crippen molar-refractivity contribution in [3.63, 3.8) is 0 Å². The van der Waals surface area contributed by atoms with Crippen molar-refractivity contribution in [2.24, 2.45) is 0 Å². The molecule has 0 atom stereocenters. The largest absolute Gasteiger partial charge is 0.462 e. The van der Waals surface area contributed by atoms with Gasteiger partial charge in [-0.15, -0.1) is 0 Å². The monoisotopic (exact) mass is 286 g/mol. The average Bonchev–Trinajstić information content (AvgIpc) is 2.50. The normalized spacial score (nSPS) is 9.76. The first-order valence-electron chi connectivity index (χ1n) is 6.14. The lowest BCUT2D eigenvalue weighted by Crippen LogP contribution is -2.05.